The number of fused-ring (bicyclic) bond motifs is 6. The normalized spacial score (nSPS) is 11.3. The first-order valence-corrected chi connectivity index (χ1v) is 14.5. The molecule has 6 aromatic carbocycles. The van der Waals surface area contributed by atoms with Crippen molar-refractivity contribution in [2.24, 2.45) is 0 Å². The molecule has 0 fully saturated rings. The van der Waals surface area contributed by atoms with Gasteiger partial charge in [0.1, 0.15) is 17.2 Å². The summed E-state index contributed by atoms with van der Waals surface area (Å²) in [6, 6.07) is 45.5. The molecule has 0 saturated carbocycles. The molecule has 4 heteroatoms. The van der Waals surface area contributed by atoms with Crippen LogP contribution in [-0.4, -0.2) is 0 Å². The lowest BCUT2D eigenvalue weighted by Crippen LogP contribution is -1.95. The van der Waals surface area contributed by atoms with Crippen molar-refractivity contribution in [1.29, 1.82) is 10.5 Å². The van der Waals surface area contributed by atoms with Gasteiger partial charge in [-0.05, 0) is 35.9 Å². The van der Waals surface area contributed by atoms with Gasteiger partial charge in [-0.3, -0.25) is 0 Å². The van der Waals surface area contributed by atoms with Gasteiger partial charge < -0.3 is 4.42 Å². The van der Waals surface area contributed by atoms with E-state index in [0.717, 1.165) is 60.0 Å². The molecule has 0 spiro atoms. The Kier molecular flexibility index (Phi) is 5.44. The van der Waals surface area contributed by atoms with Crippen LogP contribution in [0.3, 0.4) is 0 Å². The molecule has 42 heavy (non-hydrogen) atoms. The molecule has 3 nitrogen and oxygen atoms in total. The number of nitrogens with zero attached hydrogens (tertiary/aromatic N) is 2. The molecule has 0 unspecified atom stereocenters. The molecule has 8 aromatic rings. The number of rotatable bonds is 3. The fraction of sp³-hybridized carbons (Fsp3) is 0. The Labute approximate surface area is 245 Å². The van der Waals surface area contributed by atoms with Crippen LogP contribution in [0.2, 0.25) is 0 Å². The second-order valence-corrected chi connectivity index (χ2v) is 11.3. The first-order chi connectivity index (χ1) is 20.7. The SMILES string of the molecule is N#Cc1ccccc1-c1cc(-c2cccc3c2oc2ccccc23)cc(-c2cccc3c2sc2ccccc23)c1C#N. The standard InChI is InChI=1S/C38H20N2OS/c39-21-23-9-1-2-10-25(23)32-19-24(26-13-7-14-29-27-11-3-5-17-35(27)41-37(26)29)20-33(34(32)22-40)31-16-8-15-30-28-12-4-6-18-36(28)42-38(30)31/h1-20H. The molecule has 0 radical (unpaired) electrons. The van der Waals surface area contributed by atoms with Crippen molar-refractivity contribution in [3.63, 3.8) is 0 Å². The Morgan fingerprint density at radius 1 is 0.524 bits per heavy atom. The number of nitriles is 2. The van der Waals surface area contributed by atoms with Gasteiger partial charge in [-0.2, -0.15) is 10.5 Å². The van der Waals surface area contributed by atoms with Crippen LogP contribution < -0.4 is 0 Å². The molecule has 0 N–H and O–H groups in total. The number of benzene rings is 6. The van der Waals surface area contributed by atoms with Crippen LogP contribution in [0, 0.1) is 22.7 Å². The van der Waals surface area contributed by atoms with Crippen LogP contribution >= 0.6 is 11.3 Å². The maximum absolute atomic E-state index is 10.7. The number of hydrogen-bond donors (Lipinski definition) is 0. The highest BCUT2D eigenvalue weighted by molar-refractivity contribution is 7.26. The van der Waals surface area contributed by atoms with Crippen molar-refractivity contribution >= 4 is 53.4 Å². The number of hydrogen-bond acceptors (Lipinski definition) is 4. The second kappa shape index (κ2) is 9.46. The Balaban J connectivity index is 1.50. The Morgan fingerprint density at radius 2 is 1.17 bits per heavy atom. The van der Waals surface area contributed by atoms with E-state index in [1.165, 1.54) is 15.5 Å². The van der Waals surface area contributed by atoms with Crippen molar-refractivity contribution in [3.05, 3.63) is 132 Å². The third-order valence-electron chi connectivity index (χ3n) is 8.00. The summed E-state index contributed by atoms with van der Waals surface area (Å²) in [6.45, 7) is 0. The number of furan rings is 1. The lowest BCUT2D eigenvalue weighted by atomic mass is 9.86. The molecule has 0 aliphatic rings. The van der Waals surface area contributed by atoms with Crippen LogP contribution in [0.4, 0.5) is 0 Å². The molecule has 0 aliphatic carbocycles. The summed E-state index contributed by atoms with van der Waals surface area (Å²) < 4.78 is 8.76. The highest BCUT2D eigenvalue weighted by Gasteiger charge is 2.21. The molecular weight excluding hydrogens is 532 g/mol. The van der Waals surface area contributed by atoms with Crippen molar-refractivity contribution in [1.82, 2.24) is 0 Å². The molecule has 0 atom stereocenters. The molecule has 8 rings (SSSR count). The van der Waals surface area contributed by atoms with E-state index in [4.69, 9.17) is 4.42 Å². The largest absolute Gasteiger partial charge is 0.455 e. The van der Waals surface area contributed by atoms with Crippen molar-refractivity contribution in [2.75, 3.05) is 0 Å². The number of para-hydroxylation sites is 2. The van der Waals surface area contributed by atoms with Gasteiger partial charge in [0.2, 0.25) is 0 Å². The molecule has 2 heterocycles. The zero-order chi connectivity index (χ0) is 28.2. The van der Waals surface area contributed by atoms with Gasteiger partial charge >= 0.3 is 0 Å². The van der Waals surface area contributed by atoms with E-state index >= 15 is 0 Å². The minimum atomic E-state index is 0.527. The molecule has 194 valence electrons. The Bertz CT molecular complexity index is 2450. The zero-order valence-electron chi connectivity index (χ0n) is 22.3. The van der Waals surface area contributed by atoms with Crippen LogP contribution in [0.15, 0.2) is 126 Å². The van der Waals surface area contributed by atoms with Gasteiger partial charge in [0.15, 0.2) is 0 Å². The van der Waals surface area contributed by atoms with E-state index in [2.05, 4.69) is 78.9 Å². The minimum absolute atomic E-state index is 0.527. The summed E-state index contributed by atoms with van der Waals surface area (Å²) in [7, 11) is 0. The van der Waals surface area contributed by atoms with Crippen LogP contribution in [0.1, 0.15) is 11.1 Å². The van der Waals surface area contributed by atoms with Gasteiger partial charge in [-0.1, -0.05) is 91.0 Å². The predicted octanol–water partition coefficient (Wildman–Crippen LogP) is 10.7. The van der Waals surface area contributed by atoms with E-state index in [1.807, 2.05) is 48.5 Å². The lowest BCUT2D eigenvalue weighted by molar-refractivity contribution is 0.670. The highest BCUT2D eigenvalue weighted by Crippen LogP contribution is 2.45. The fourth-order valence-electron chi connectivity index (χ4n) is 6.09. The van der Waals surface area contributed by atoms with E-state index in [1.54, 1.807) is 17.4 Å². The van der Waals surface area contributed by atoms with Gasteiger partial charge in [-0.15, -0.1) is 11.3 Å². The van der Waals surface area contributed by atoms with E-state index in [-0.39, 0.29) is 0 Å². The molecule has 2 aromatic heterocycles. The van der Waals surface area contributed by atoms with Gasteiger partial charge in [0.25, 0.3) is 0 Å². The molecular formula is C38H20N2OS. The average Bonchev–Trinajstić information content (AvgIpc) is 3.63. The summed E-state index contributed by atoms with van der Waals surface area (Å²) in [6.07, 6.45) is 0. The van der Waals surface area contributed by atoms with Crippen molar-refractivity contribution in [2.45, 2.75) is 0 Å². The van der Waals surface area contributed by atoms with Crippen molar-refractivity contribution in [3.8, 4) is 45.5 Å². The maximum atomic E-state index is 10.7. The monoisotopic (exact) mass is 552 g/mol. The second-order valence-electron chi connectivity index (χ2n) is 10.3. The Hall–Kier alpha value is -5.68. The summed E-state index contributed by atoms with van der Waals surface area (Å²) in [5, 5.41) is 25.2. The zero-order valence-corrected chi connectivity index (χ0v) is 23.1. The summed E-state index contributed by atoms with van der Waals surface area (Å²) in [5.74, 6) is 0. The summed E-state index contributed by atoms with van der Waals surface area (Å²) in [5.41, 5.74) is 7.87. The molecule has 0 saturated heterocycles. The third-order valence-corrected chi connectivity index (χ3v) is 9.22. The topological polar surface area (TPSA) is 60.7 Å². The first-order valence-electron chi connectivity index (χ1n) is 13.6. The van der Waals surface area contributed by atoms with Gasteiger partial charge in [0.05, 0.1) is 17.2 Å². The van der Waals surface area contributed by atoms with E-state index < -0.39 is 0 Å². The summed E-state index contributed by atoms with van der Waals surface area (Å²) in [4.78, 5) is 0. The van der Waals surface area contributed by atoms with Crippen LogP contribution in [0.5, 0.6) is 0 Å². The summed E-state index contributed by atoms with van der Waals surface area (Å²) >= 11 is 1.74. The lowest BCUT2D eigenvalue weighted by Gasteiger charge is -2.16. The first kappa shape index (κ1) is 24.1. The molecule has 0 aliphatic heterocycles. The maximum Gasteiger partial charge on any atom is 0.143 e. The number of thiophene rings is 1. The predicted molar refractivity (Wildman–Crippen MR) is 172 cm³/mol. The third kappa shape index (κ3) is 3.57. The van der Waals surface area contributed by atoms with E-state index in [9.17, 15) is 10.5 Å². The van der Waals surface area contributed by atoms with Gasteiger partial charge in [-0.25, -0.2) is 0 Å². The fourth-order valence-corrected chi connectivity index (χ4v) is 7.32. The van der Waals surface area contributed by atoms with E-state index in [0.29, 0.717) is 11.1 Å². The average molecular weight is 553 g/mol. The van der Waals surface area contributed by atoms with Crippen LogP contribution in [0.25, 0.3) is 75.5 Å². The smallest absolute Gasteiger partial charge is 0.143 e. The molecule has 0 amide bonds. The highest BCUT2D eigenvalue weighted by atomic mass is 32.1. The van der Waals surface area contributed by atoms with Gasteiger partial charge in [0, 0.05) is 58.8 Å². The van der Waals surface area contributed by atoms with Crippen LogP contribution in [-0.2, 0) is 0 Å². The Morgan fingerprint density at radius 3 is 2.00 bits per heavy atom. The molecule has 0 bridgehead atoms. The quantitative estimate of drug-likeness (QED) is 0.219. The van der Waals surface area contributed by atoms with Crippen molar-refractivity contribution < 1.29 is 4.42 Å². The minimum Gasteiger partial charge on any atom is -0.455 e.